The molecule has 45 heavy (non-hydrogen) atoms. The van der Waals surface area contributed by atoms with Crippen molar-refractivity contribution in [3.63, 3.8) is 0 Å². The molecule has 0 atom stereocenters. The van der Waals surface area contributed by atoms with Crippen LogP contribution in [0.25, 0.3) is 72.2 Å². The summed E-state index contributed by atoms with van der Waals surface area (Å²) in [6.07, 6.45) is 8.46. The van der Waals surface area contributed by atoms with Crippen molar-refractivity contribution in [1.82, 2.24) is 24.1 Å². The third kappa shape index (κ3) is 3.99. The molecule has 0 saturated heterocycles. The number of hydrogen-bond acceptors (Lipinski definition) is 4. The summed E-state index contributed by atoms with van der Waals surface area (Å²) >= 11 is 0. The first-order chi connectivity index (χ1) is 22.2. The zero-order chi connectivity index (χ0) is 29.9. The maximum atomic E-state index is 10.7. The van der Waals surface area contributed by atoms with Gasteiger partial charge in [-0.25, -0.2) is 4.98 Å². The van der Waals surface area contributed by atoms with Gasteiger partial charge in [-0.05, 0) is 61.4 Å². The van der Waals surface area contributed by atoms with Crippen molar-refractivity contribution in [3.8, 4) is 28.8 Å². The van der Waals surface area contributed by atoms with E-state index in [1.807, 2.05) is 48.5 Å². The van der Waals surface area contributed by atoms with E-state index in [9.17, 15) is 5.11 Å². The first kappa shape index (κ1) is 25.5. The molecule has 9 rings (SSSR count). The van der Waals surface area contributed by atoms with Gasteiger partial charge in [0.25, 0.3) is 0 Å². The second kappa shape index (κ2) is 10.0. The molecule has 1 aliphatic rings. The van der Waals surface area contributed by atoms with Crippen molar-refractivity contribution in [3.05, 3.63) is 139 Å². The molecule has 8 aromatic rings. The van der Waals surface area contributed by atoms with Crippen LogP contribution in [0.15, 0.2) is 133 Å². The van der Waals surface area contributed by atoms with Gasteiger partial charge in [-0.2, -0.15) is 9.97 Å². The van der Waals surface area contributed by atoms with Gasteiger partial charge in [0.1, 0.15) is 5.75 Å². The lowest BCUT2D eigenvalue weighted by Gasteiger charge is -2.12. The largest absolute Gasteiger partial charge is 0.508 e. The Bertz CT molecular complexity index is 2490. The van der Waals surface area contributed by atoms with Crippen molar-refractivity contribution in [2.45, 2.75) is 12.8 Å². The number of para-hydroxylation sites is 2. The summed E-state index contributed by atoms with van der Waals surface area (Å²) in [6, 6.07) is 38.8. The zero-order valence-electron chi connectivity index (χ0n) is 24.3. The highest BCUT2D eigenvalue weighted by Gasteiger charge is 2.23. The number of fused-ring (bicyclic) bond motifs is 7. The highest BCUT2D eigenvalue weighted by atomic mass is 16.3. The fourth-order valence-corrected chi connectivity index (χ4v) is 6.72. The Labute approximate surface area is 258 Å². The van der Waals surface area contributed by atoms with Crippen LogP contribution >= 0.6 is 0 Å². The van der Waals surface area contributed by atoms with Crippen LogP contribution in [0.2, 0.25) is 0 Å². The number of nitrogens with zero attached hydrogens (tertiary/aromatic N) is 5. The van der Waals surface area contributed by atoms with E-state index >= 15 is 0 Å². The molecular weight excluding hydrogens is 554 g/mol. The van der Waals surface area contributed by atoms with Gasteiger partial charge in [0.2, 0.25) is 5.95 Å². The van der Waals surface area contributed by atoms with E-state index in [2.05, 4.69) is 88.0 Å². The normalized spacial score (nSPS) is 13.3. The summed E-state index contributed by atoms with van der Waals surface area (Å²) in [4.78, 5) is 15.2. The Morgan fingerprint density at radius 1 is 0.556 bits per heavy atom. The van der Waals surface area contributed by atoms with Crippen LogP contribution in [0.4, 0.5) is 0 Å². The Kier molecular flexibility index (Phi) is 5.68. The van der Waals surface area contributed by atoms with Gasteiger partial charge in [0.05, 0.1) is 22.1 Å². The number of aromatic nitrogens is 5. The summed E-state index contributed by atoms with van der Waals surface area (Å²) < 4.78 is 4.43. The molecular formula is C39H27N5O. The minimum absolute atomic E-state index is 0.235. The van der Waals surface area contributed by atoms with Crippen LogP contribution in [-0.2, 0) is 0 Å². The molecule has 0 bridgehead atoms. The Balaban J connectivity index is 1.41. The van der Waals surface area contributed by atoms with Gasteiger partial charge in [-0.15, -0.1) is 0 Å². The number of allylic oxidation sites excluding steroid dienone is 4. The lowest BCUT2D eigenvalue weighted by Crippen LogP contribution is -2.08. The molecule has 3 heterocycles. The average Bonchev–Trinajstić information content (AvgIpc) is 3.61. The molecule has 1 aliphatic carbocycles. The second-order valence-corrected chi connectivity index (χ2v) is 11.4. The summed E-state index contributed by atoms with van der Waals surface area (Å²) in [7, 11) is 0. The number of phenols is 1. The third-order valence-corrected chi connectivity index (χ3v) is 8.67. The topological polar surface area (TPSA) is 68.8 Å². The molecule has 6 heteroatoms. The number of aromatic hydroxyl groups is 1. The van der Waals surface area contributed by atoms with Crippen molar-refractivity contribution < 1.29 is 5.11 Å². The molecule has 1 N–H and O–H groups in total. The summed E-state index contributed by atoms with van der Waals surface area (Å²) in [6.45, 7) is 0. The highest BCUT2D eigenvalue weighted by molar-refractivity contribution is 6.29. The average molecular weight is 582 g/mol. The standard InChI is InChI=1S/C39H27N5O/c45-28-20-21-32-30(24-28)36-33(43(32)27-16-8-3-9-17-27)22-23-34-35(36)29-18-10-11-19-31(29)44(34)39-41-37(25-12-4-1-5-13-25)40-38(42-39)26-14-6-2-7-15-26/h1,3-6,8-24,45H,2,7H2. The second-order valence-electron chi connectivity index (χ2n) is 11.4. The molecule has 0 saturated carbocycles. The summed E-state index contributed by atoms with van der Waals surface area (Å²) in [5, 5.41) is 14.9. The van der Waals surface area contributed by atoms with Gasteiger partial charge >= 0.3 is 0 Å². The Morgan fingerprint density at radius 3 is 2.02 bits per heavy atom. The Hall–Kier alpha value is -6.01. The first-order valence-electron chi connectivity index (χ1n) is 15.2. The van der Waals surface area contributed by atoms with Gasteiger partial charge in [-0.1, -0.05) is 85.0 Å². The molecule has 0 radical (unpaired) electrons. The predicted molar refractivity (Wildman–Crippen MR) is 182 cm³/mol. The number of rotatable bonds is 4. The van der Waals surface area contributed by atoms with Crippen LogP contribution in [0, 0.1) is 0 Å². The van der Waals surface area contributed by atoms with Crippen molar-refractivity contribution >= 4 is 49.2 Å². The van der Waals surface area contributed by atoms with Crippen molar-refractivity contribution in [2.24, 2.45) is 0 Å². The number of phenolic OH excluding ortho intramolecular Hbond substituents is 1. The molecule has 6 nitrogen and oxygen atoms in total. The predicted octanol–water partition coefficient (Wildman–Crippen LogP) is 9.17. The Morgan fingerprint density at radius 2 is 1.22 bits per heavy atom. The number of benzene rings is 5. The van der Waals surface area contributed by atoms with Gasteiger partial charge in [-0.3, -0.25) is 4.57 Å². The maximum absolute atomic E-state index is 10.7. The monoisotopic (exact) mass is 581 g/mol. The molecule has 3 aromatic heterocycles. The van der Waals surface area contributed by atoms with Crippen LogP contribution < -0.4 is 0 Å². The lowest BCUT2D eigenvalue weighted by molar-refractivity contribution is 0.476. The van der Waals surface area contributed by atoms with Gasteiger partial charge in [0, 0.05) is 38.4 Å². The molecule has 0 aliphatic heterocycles. The molecule has 0 fully saturated rings. The van der Waals surface area contributed by atoms with E-state index in [0.717, 1.165) is 73.3 Å². The van der Waals surface area contributed by atoms with Gasteiger partial charge in [0.15, 0.2) is 11.6 Å². The van der Waals surface area contributed by atoms with Crippen LogP contribution in [-0.4, -0.2) is 29.2 Å². The van der Waals surface area contributed by atoms with E-state index in [1.54, 1.807) is 6.07 Å². The molecule has 0 amide bonds. The van der Waals surface area contributed by atoms with Gasteiger partial charge < -0.3 is 9.67 Å². The zero-order valence-corrected chi connectivity index (χ0v) is 24.3. The summed E-state index contributed by atoms with van der Waals surface area (Å²) in [5.74, 6) is 2.10. The van der Waals surface area contributed by atoms with E-state index in [0.29, 0.717) is 17.6 Å². The molecule has 0 spiro atoms. The SMILES string of the molecule is Oc1ccc2c(c1)c1c3c4ccccc4n(-c4nc(C5=CCCC=C5)nc(-c5ccccc5)n4)c3ccc1n2-c1ccccc1. The first-order valence-corrected chi connectivity index (χ1v) is 15.2. The lowest BCUT2D eigenvalue weighted by atomic mass is 10.1. The maximum Gasteiger partial charge on any atom is 0.238 e. The van der Waals surface area contributed by atoms with Crippen LogP contribution in [0.1, 0.15) is 18.7 Å². The van der Waals surface area contributed by atoms with Crippen molar-refractivity contribution in [1.29, 1.82) is 0 Å². The van der Waals surface area contributed by atoms with Crippen molar-refractivity contribution in [2.75, 3.05) is 0 Å². The van der Waals surface area contributed by atoms with E-state index in [1.165, 1.54) is 0 Å². The number of hydrogen-bond donors (Lipinski definition) is 1. The minimum atomic E-state index is 0.235. The summed E-state index contributed by atoms with van der Waals surface area (Å²) in [5.41, 5.74) is 7.10. The van der Waals surface area contributed by atoms with Crippen LogP contribution in [0.3, 0.4) is 0 Å². The fraction of sp³-hybridized carbons (Fsp3) is 0.0513. The van der Waals surface area contributed by atoms with E-state index in [4.69, 9.17) is 15.0 Å². The molecule has 5 aromatic carbocycles. The smallest absolute Gasteiger partial charge is 0.238 e. The van der Waals surface area contributed by atoms with E-state index < -0.39 is 0 Å². The molecule has 0 unspecified atom stereocenters. The quantitative estimate of drug-likeness (QED) is 0.225. The van der Waals surface area contributed by atoms with Crippen LogP contribution in [0.5, 0.6) is 5.75 Å². The molecule has 214 valence electrons. The third-order valence-electron chi connectivity index (χ3n) is 8.67. The van der Waals surface area contributed by atoms with E-state index in [-0.39, 0.29) is 5.75 Å². The highest BCUT2D eigenvalue weighted by Crippen LogP contribution is 2.42. The minimum Gasteiger partial charge on any atom is -0.508 e. The fourth-order valence-electron chi connectivity index (χ4n) is 6.72.